The lowest BCUT2D eigenvalue weighted by Crippen LogP contribution is -2.31. The van der Waals surface area contributed by atoms with Gasteiger partial charge in [-0.25, -0.2) is 13.0 Å². The quantitative estimate of drug-likeness (QED) is 0.105. The van der Waals surface area contributed by atoms with E-state index in [1.807, 2.05) is 53.7 Å². The molecule has 0 bridgehead atoms. The normalized spacial score (nSPS) is 17.8. The van der Waals surface area contributed by atoms with Crippen LogP contribution in [0.3, 0.4) is 0 Å². The SMILES string of the molecule is CC[N+](CCCS(=O)(=O)O)=c1ccc2c(C(C)(C)C)cc(/C=C/C=C3\N(CCCS(=O)(=O)O)c4ccc(S(=O)(=O)[O-])cc4C3(C)CCCC(=O)NCCN)oc-2c1. The number of amides is 1. The van der Waals surface area contributed by atoms with Crippen molar-refractivity contribution in [2.24, 2.45) is 5.73 Å². The van der Waals surface area contributed by atoms with E-state index < -0.39 is 46.4 Å². The number of hydrogen-bond donors (Lipinski definition) is 4. The van der Waals surface area contributed by atoms with E-state index in [1.54, 1.807) is 12.2 Å². The lowest BCUT2D eigenvalue weighted by atomic mass is 9.77. The van der Waals surface area contributed by atoms with Crippen molar-refractivity contribution in [3.05, 3.63) is 82.6 Å². The van der Waals surface area contributed by atoms with E-state index in [0.29, 0.717) is 60.9 Å². The highest BCUT2D eigenvalue weighted by molar-refractivity contribution is 7.86. The van der Waals surface area contributed by atoms with Crippen molar-refractivity contribution >= 4 is 48.0 Å². The van der Waals surface area contributed by atoms with Crippen LogP contribution in [-0.2, 0) is 46.0 Å². The summed E-state index contributed by atoms with van der Waals surface area (Å²) in [6.45, 7) is 11.8. The number of carbonyl (C=O) groups excluding carboxylic acids is 1. The molecular formula is C39H54N4O11S3. The number of hydrogen-bond acceptors (Lipinski definition) is 11. The van der Waals surface area contributed by atoms with Crippen molar-refractivity contribution in [3.63, 3.8) is 0 Å². The summed E-state index contributed by atoms with van der Waals surface area (Å²) in [6.07, 6.45) is 6.49. The average Bonchev–Trinajstić information content (AvgIpc) is 3.33. The molecular weight excluding hydrogens is 797 g/mol. The Morgan fingerprint density at radius 1 is 1.00 bits per heavy atom. The van der Waals surface area contributed by atoms with E-state index in [9.17, 15) is 43.7 Å². The maximum Gasteiger partial charge on any atom is 0.265 e. The van der Waals surface area contributed by atoms with Gasteiger partial charge in [-0.15, -0.1) is 0 Å². The number of rotatable bonds is 18. The molecule has 1 aliphatic carbocycles. The number of nitrogens with one attached hydrogen (secondary N) is 1. The molecule has 18 heteroatoms. The molecule has 4 rings (SSSR count). The molecule has 0 saturated heterocycles. The molecule has 0 saturated carbocycles. The van der Waals surface area contributed by atoms with Crippen LogP contribution in [0, 0.1) is 0 Å². The molecule has 0 aromatic heterocycles. The highest BCUT2D eigenvalue weighted by Gasteiger charge is 2.43. The number of allylic oxidation sites excluding steroid dienone is 3. The maximum atomic E-state index is 12.5. The van der Waals surface area contributed by atoms with Crippen LogP contribution in [0.1, 0.15) is 83.6 Å². The second-order valence-electron chi connectivity index (χ2n) is 15.4. The molecule has 1 atom stereocenters. The Bertz CT molecular complexity index is 2380. The molecule has 314 valence electrons. The van der Waals surface area contributed by atoms with Crippen LogP contribution >= 0.6 is 0 Å². The maximum absolute atomic E-state index is 12.5. The molecule has 3 aliphatic rings. The molecule has 1 amide bonds. The summed E-state index contributed by atoms with van der Waals surface area (Å²) in [6, 6.07) is 11.8. The Kier molecular flexibility index (Phi) is 14.7. The molecule has 1 aromatic rings. The fourth-order valence-corrected chi connectivity index (χ4v) is 8.72. The van der Waals surface area contributed by atoms with Gasteiger partial charge >= 0.3 is 0 Å². The van der Waals surface area contributed by atoms with E-state index in [4.69, 9.17) is 10.2 Å². The van der Waals surface area contributed by atoms with Gasteiger partial charge in [-0.3, -0.25) is 13.9 Å². The Morgan fingerprint density at radius 2 is 1.68 bits per heavy atom. The average molecular weight is 851 g/mol. The zero-order chi connectivity index (χ0) is 42.4. The standard InChI is InChI=1S/C39H54N4O11S3/c1-6-42(21-9-23-55(45,46)47)28-14-16-31-32(38(2,3)4)26-29(54-35(31)25-28)11-7-12-36-39(5,18-8-13-37(44)41-20-19-40)33-27-30(57(51,52)53)15-17-34(33)43(36)22-10-24-56(48,49)50/h7,11-12,14-17,25-27H,6,8-10,13,18-24,40H2,1-5H3,(H3-,41,44,45,46,47,48,49,50,51,52,53). The zero-order valence-electron chi connectivity index (χ0n) is 33.0. The molecule has 1 aromatic carbocycles. The van der Waals surface area contributed by atoms with Gasteiger partial charge in [-0.1, -0.05) is 26.8 Å². The Morgan fingerprint density at radius 3 is 2.30 bits per heavy atom. The van der Waals surface area contributed by atoms with Gasteiger partial charge in [0.2, 0.25) is 11.3 Å². The first kappa shape index (κ1) is 45.8. The number of anilines is 1. The first-order chi connectivity index (χ1) is 26.5. The summed E-state index contributed by atoms with van der Waals surface area (Å²) in [5.74, 6) is 0.0123. The molecule has 2 aliphatic heterocycles. The van der Waals surface area contributed by atoms with E-state index in [1.165, 1.54) is 18.2 Å². The highest BCUT2D eigenvalue weighted by atomic mass is 32.2. The van der Waals surface area contributed by atoms with Gasteiger partial charge in [-0.05, 0) is 92.1 Å². The summed E-state index contributed by atoms with van der Waals surface area (Å²) < 4.78 is 110. The number of benzene rings is 2. The van der Waals surface area contributed by atoms with Crippen LogP contribution in [-0.4, -0.2) is 89.0 Å². The van der Waals surface area contributed by atoms with E-state index in [0.717, 1.165) is 16.5 Å². The zero-order valence-corrected chi connectivity index (χ0v) is 35.5. The van der Waals surface area contributed by atoms with Gasteiger partial charge in [-0.2, -0.15) is 16.8 Å². The van der Waals surface area contributed by atoms with Crippen LogP contribution < -0.4 is 25.9 Å². The molecule has 2 heterocycles. The molecule has 0 spiro atoms. The minimum Gasteiger partial charge on any atom is -0.744 e. The number of fused-ring (bicyclic) bond motifs is 2. The van der Waals surface area contributed by atoms with Crippen LogP contribution in [0.25, 0.3) is 17.4 Å². The summed E-state index contributed by atoms with van der Waals surface area (Å²) in [5.41, 5.74) is 7.89. The smallest absolute Gasteiger partial charge is 0.265 e. The summed E-state index contributed by atoms with van der Waals surface area (Å²) in [5, 5.41) is 3.55. The number of carbonyl (C=O) groups is 1. The van der Waals surface area contributed by atoms with Crippen molar-refractivity contribution in [2.75, 3.05) is 49.1 Å². The van der Waals surface area contributed by atoms with Gasteiger partial charge in [0, 0.05) is 60.9 Å². The highest BCUT2D eigenvalue weighted by Crippen LogP contribution is 2.51. The molecule has 0 fully saturated rings. The van der Waals surface area contributed by atoms with Crippen LogP contribution in [0.4, 0.5) is 5.69 Å². The molecule has 57 heavy (non-hydrogen) atoms. The van der Waals surface area contributed by atoms with Crippen molar-refractivity contribution in [3.8, 4) is 11.3 Å². The summed E-state index contributed by atoms with van der Waals surface area (Å²) >= 11 is 0. The van der Waals surface area contributed by atoms with Gasteiger partial charge in [0.1, 0.15) is 34.7 Å². The third kappa shape index (κ3) is 12.3. The second-order valence-corrected chi connectivity index (χ2v) is 19.9. The Balaban J connectivity index is 1.85. The first-order valence-electron chi connectivity index (χ1n) is 18.8. The van der Waals surface area contributed by atoms with E-state index >= 15 is 0 Å². The molecule has 15 nitrogen and oxygen atoms in total. The largest absolute Gasteiger partial charge is 0.744 e. The minimum atomic E-state index is -4.84. The van der Waals surface area contributed by atoms with Gasteiger partial charge in [0.25, 0.3) is 20.2 Å². The fraction of sp³-hybridized carbons (Fsp3) is 0.487. The second kappa shape index (κ2) is 18.3. The van der Waals surface area contributed by atoms with Gasteiger partial charge in [0.05, 0.1) is 22.5 Å². The van der Waals surface area contributed by atoms with Crippen molar-refractivity contribution < 1.29 is 48.1 Å². The third-order valence-corrected chi connectivity index (χ3v) is 12.4. The predicted octanol–water partition coefficient (Wildman–Crippen LogP) is 3.85. The van der Waals surface area contributed by atoms with E-state index in [2.05, 4.69) is 26.1 Å². The monoisotopic (exact) mass is 850 g/mol. The summed E-state index contributed by atoms with van der Waals surface area (Å²) in [7, 11) is -13.2. The number of nitrogens with two attached hydrogens (primary N) is 1. The Hall–Kier alpha value is -3.91. The van der Waals surface area contributed by atoms with E-state index in [-0.39, 0.29) is 49.4 Å². The van der Waals surface area contributed by atoms with Crippen LogP contribution in [0.5, 0.6) is 0 Å². The van der Waals surface area contributed by atoms with Crippen LogP contribution in [0.2, 0.25) is 0 Å². The summed E-state index contributed by atoms with van der Waals surface area (Å²) in [4.78, 5) is 13.9. The van der Waals surface area contributed by atoms with Crippen molar-refractivity contribution in [1.29, 1.82) is 0 Å². The third-order valence-electron chi connectivity index (χ3n) is 10.00. The number of nitrogens with zero attached hydrogens (tertiary/aromatic N) is 2. The van der Waals surface area contributed by atoms with Crippen molar-refractivity contribution in [1.82, 2.24) is 9.89 Å². The lowest BCUT2D eigenvalue weighted by Gasteiger charge is -2.30. The first-order valence-corrected chi connectivity index (χ1v) is 23.4. The predicted molar refractivity (Wildman–Crippen MR) is 219 cm³/mol. The van der Waals surface area contributed by atoms with Crippen molar-refractivity contribution in [2.45, 2.75) is 82.4 Å². The fourth-order valence-electron chi connectivity index (χ4n) is 7.23. The molecule has 5 N–H and O–H groups in total. The minimum absolute atomic E-state index is 0.0282. The van der Waals surface area contributed by atoms with Gasteiger partial charge < -0.3 is 24.9 Å². The molecule has 1 unspecified atom stereocenters. The van der Waals surface area contributed by atoms with Crippen LogP contribution in [0.15, 0.2) is 69.6 Å². The van der Waals surface area contributed by atoms with Gasteiger partial charge in [0.15, 0.2) is 0 Å². The molecule has 0 radical (unpaired) electrons. The Labute approximate surface area is 336 Å². The lowest BCUT2D eigenvalue weighted by molar-refractivity contribution is -0.121. The topological polar surface area (TPSA) is 240 Å².